The number of hydrazone groups is 2. The van der Waals surface area contributed by atoms with Crippen LogP contribution in [0, 0.1) is 11.8 Å². The Bertz CT molecular complexity index is 1830. The summed E-state index contributed by atoms with van der Waals surface area (Å²) < 4.78 is 49.0. The van der Waals surface area contributed by atoms with Crippen molar-refractivity contribution in [1.29, 1.82) is 0 Å². The third kappa shape index (κ3) is 15.7. The highest BCUT2D eigenvalue weighted by atomic mass is 35.7. The highest BCUT2D eigenvalue weighted by molar-refractivity contribution is 8.13. The second kappa shape index (κ2) is 22.9. The first kappa shape index (κ1) is 46.1. The number of nitrogens with one attached hydrogen (secondary N) is 1. The van der Waals surface area contributed by atoms with Crippen LogP contribution in [-0.2, 0) is 19.1 Å². The maximum Gasteiger partial charge on any atom is 0.335 e. The van der Waals surface area contributed by atoms with Crippen molar-refractivity contribution in [1.82, 2.24) is 14.7 Å². The number of halogens is 3. The zero-order chi connectivity index (χ0) is 39.5. The van der Waals surface area contributed by atoms with Crippen LogP contribution in [0.1, 0.15) is 61.3 Å². The minimum absolute atomic E-state index is 0.0999. The van der Waals surface area contributed by atoms with E-state index in [9.17, 15) is 26.4 Å². The number of rotatable bonds is 9. The molecule has 288 valence electrons. The number of nitrogens with two attached hydrogens (primary N) is 1. The second-order valence-electron chi connectivity index (χ2n) is 10.5. The van der Waals surface area contributed by atoms with Gasteiger partial charge in [0.25, 0.3) is 19.1 Å². The standard InChI is InChI=1S/C15H20N4O4S.C8H16N4.C7H5ClO4S.CH2Cl2/c1-3-11-9-17-19(10-11)15(16-4-2)18-24(22,23)13-7-5-6-12(8-13)14(20)21;1-3-7-5-11-12(6-7)8(9)10-4-2;8-13(11,12)6-3-1-2-5(4-6)7(9)10;2-1-3/h5-9,11H,3-4,10H2,1-2H3,(H,16,18)(H,20,21);5,7H,3-4,6H2,1-2H3,(H2,9,10);1-4H,(H,9,10);1H2. The molecule has 2 atom stereocenters. The van der Waals surface area contributed by atoms with Crippen LogP contribution < -0.4 is 10.5 Å². The number of alkyl halides is 2. The van der Waals surface area contributed by atoms with E-state index in [0.29, 0.717) is 31.5 Å². The summed E-state index contributed by atoms with van der Waals surface area (Å²) in [5, 5.41) is 29.4. The van der Waals surface area contributed by atoms with Crippen molar-refractivity contribution in [3.05, 3.63) is 59.7 Å². The molecule has 2 aromatic carbocycles. The van der Waals surface area contributed by atoms with E-state index in [-0.39, 0.29) is 38.1 Å². The minimum Gasteiger partial charge on any atom is -0.478 e. The Labute approximate surface area is 318 Å². The number of carbonyl (C=O) groups is 2. The van der Waals surface area contributed by atoms with Crippen molar-refractivity contribution in [2.24, 2.45) is 37.8 Å². The summed E-state index contributed by atoms with van der Waals surface area (Å²) in [6.45, 7) is 10.5. The average molecular weight is 826 g/mol. The molecule has 0 amide bonds. The largest absolute Gasteiger partial charge is 0.478 e. The molecule has 0 saturated carbocycles. The van der Waals surface area contributed by atoms with Gasteiger partial charge >= 0.3 is 11.9 Å². The highest BCUT2D eigenvalue weighted by Gasteiger charge is 2.25. The summed E-state index contributed by atoms with van der Waals surface area (Å²) >= 11 is 9.53. The molecular formula is C31H43Cl3N8O8S2. The zero-order valence-corrected chi connectivity index (χ0v) is 32.8. The van der Waals surface area contributed by atoms with Crippen molar-refractivity contribution in [2.75, 3.05) is 31.5 Å². The van der Waals surface area contributed by atoms with E-state index in [4.69, 9.17) is 49.8 Å². The Kier molecular flexibility index (Phi) is 20.2. The van der Waals surface area contributed by atoms with Gasteiger partial charge in [0.15, 0.2) is 0 Å². The topological polar surface area (TPSA) is 237 Å². The van der Waals surface area contributed by atoms with Crippen LogP contribution in [0.25, 0.3) is 0 Å². The van der Waals surface area contributed by atoms with Gasteiger partial charge in [0.2, 0.25) is 11.9 Å². The van der Waals surface area contributed by atoms with Gasteiger partial charge in [-0.15, -0.1) is 23.2 Å². The van der Waals surface area contributed by atoms with Gasteiger partial charge in [0.1, 0.15) is 0 Å². The van der Waals surface area contributed by atoms with E-state index in [1.54, 1.807) is 18.1 Å². The molecule has 16 nitrogen and oxygen atoms in total. The molecule has 0 aliphatic carbocycles. The third-order valence-corrected chi connectivity index (χ3v) is 9.49. The summed E-state index contributed by atoms with van der Waals surface area (Å²) in [6, 6.07) is 10.00. The molecule has 2 unspecified atom stereocenters. The van der Waals surface area contributed by atoms with Crippen molar-refractivity contribution in [3.63, 3.8) is 0 Å². The van der Waals surface area contributed by atoms with Crippen LogP contribution >= 0.6 is 33.9 Å². The van der Waals surface area contributed by atoms with E-state index in [1.807, 2.05) is 20.1 Å². The number of aliphatic imine (C=N–C) groups is 2. The first-order valence-corrected chi connectivity index (χ1v) is 20.6. The van der Waals surface area contributed by atoms with E-state index in [1.165, 1.54) is 41.4 Å². The number of sulfonamides is 1. The Morgan fingerprint density at radius 3 is 1.69 bits per heavy atom. The van der Waals surface area contributed by atoms with Gasteiger partial charge in [-0.1, -0.05) is 26.0 Å². The maximum atomic E-state index is 12.5. The van der Waals surface area contributed by atoms with Gasteiger partial charge in [0, 0.05) is 48.0 Å². The van der Waals surface area contributed by atoms with Crippen LogP contribution in [0.2, 0.25) is 0 Å². The number of hydrogen-bond donors (Lipinski definition) is 4. The van der Waals surface area contributed by atoms with Gasteiger partial charge in [0.05, 0.1) is 39.3 Å². The molecule has 52 heavy (non-hydrogen) atoms. The molecule has 2 aromatic rings. The van der Waals surface area contributed by atoms with Gasteiger partial charge in [-0.3, -0.25) is 9.98 Å². The van der Waals surface area contributed by atoms with Crippen LogP contribution in [0.15, 0.2) is 78.5 Å². The molecular weight excluding hydrogens is 783 g/mol. The van der Waals surface area contributed by atoms with Crippen molar-refractivity contribution < 1.29 is 36.6 Å². The molecule has 21 heteroatoms. The summed E-state index contributed by atoms with van der Waals surface area (Å²) in [5.74, 6) is -0.941. The third-order valence-electron chi connectivity index (χ3n) is 6.81. The molecule has 0 spiro atoms. The molecule has 0 aromatic heterocycles. The van der Waals surface area contributed by atoms with E-state index < -0.39 is 31.0 Å². The predicted molar refractivity (Wildman–Crippen MR) is 205 cm³/mol. The van der Waals surface area contributed by atoms with Gasteiger partial charge in [-0.25, -0.2) is 41.2 Å². The summed E-state index contributed by atoms with van der Waals surface area (Å²) in [4.78, 5) is 29.4. The van der Waals surface area contributed by atoms with Crippen LogP contribution in [0.4, 0.5) is 0 Å². The number of benzene rings is 2. The maximum absolute atomic E-state index is 12.5. The molecule has 0 saturated heterocycles. The predicted octanol–water partition coefficient (Wildman–Crippen LogP) is 4.75. The molecule has 0 bridgehead atoms. The fraction of sp³-hybridized carbons (Fsp3) is 0.419. The number of nitrogens with zero attached hydrogens (tertiary/aromatic N) is 6. The SMILES string of the molecule is CCN=C(N)N1CC(CC)C=N1.CCN=C(NS(=O)(=O)c1cccc(C(=O)O)c1)N1CC(CC)C=N1.ClCCl.O=C(O)c1cccc(S(=O)(=O)Cl)c1. The molecule has 0 fully saturated rings. The summed E-state index contributed by atoms with van der Waals surface area (Å²) in [6.07, 6.45) is 5.72. The lowest BCUT2D eigenvalue weighted by Crippen LogP contribution is -2.41. The fourth-order valence-corrected chi connectivity index (χ4v) is 5.93. The Morgan fingerprint density at radius 1 is 0.827 bits per heavy atom. The van der Waals surface area contributed by atoms with E-state index in [0.717, 1.165) is 31.5 Å². The summed E-state index contributed by atoms with van der Waals surface area (Å²) in [7, 11) is -2.79. The second-order valence-corrected chi connectivity index (χ2v) is 15.5. The van der Waals surface area contributed by atoms with Crippen molar-refractivity contribution >= 4 is 89.2 Å². The zero-order valence-electron chi connectivity index (χ0n) is 28.9. The van der Waals surface area contributed by atoms with Crippen molar-refractivity contribution in [2.45, 2.75) is 50.3 Å². The molecule has 0 radical (unpaired) electrons. The monoisotopic (exact) mass is 824 g/mol. The number of carboxylic acid groups (broad SMARTS) is 2. The quantitative estimate of drug-likeness (QED) is 0.117. The van der Waals surface area contributed by atoms with E-state index in [2.05, 4.69) is 31.8 Å². The lowest BCUT2D eigenvalue weighted by atomic mass is 10.1. The number of hydrogen-bond acceptors (Lipinski definition) is 10. The van der Waals surface area contributed by atoms with Gasteiger partial charge in [-0.2, -0.15) is 10.2 Å². The van der Waals surface area contributed by atoms with E-state index >= 15 is 0 Å². The lowest BCUT2D eigenvalue weighted by Gasteiger charge is -2.19. The Balaban J connectivity index is 0.000000407. The number of carboxylic acids is 2. The lowest BCUT2D eigenvalue weighted by molar-refractivity contribution is 0.0685. The number of guanidine groups is 2. The normalized spacial score (nSPS) is 16.9. The average Bonchev–Trinajstić information content (AvgIpc) is 3.79. The first-order valence-electron chi connectivity index (χ1n) is 15.7. The smallest absolute Gasteiger partial charge is 0.335 e. The van der Waals surface area contributed by atoms with Gasteiger partial charge in [-0.05, 0) is 63.1 Å². The number of aromatic carboxylic acids is 2. The summed E-state index contributed by atoms with van der Waals surface area (Å²) in [5.41, 5.74) is 5.46. The minimum atomic E-state index is -3.96. The highest BCUT2D eigenvalue weighted by Crippen LogP contribution is 2.17. The Hall–Kier alpha value is -3.97. The van der Waals surface area contributed by atoms with Crippen molar-refractivity contribution in [3.8, 4) is 0 Å². The first-order chi connectivity index (χ1) is 24.5. The Morgan fingerprint density at radius 2 is 1.27 bits per heavy atom. The molecule has 4 rings (SSSR count). The van der Waals surface area contributed by atoms with Gasteiger partial charge < -0.3 is 15.9 Å². The molecule has 2 aliphatic heterocycles. The van der Waals surface area contributed by atoms with Crippen LogP contribution in [-0.4, -0.2) is 105 Å². The fourth-order valence-electron chi connectivity index (χ4n) is 4.06. The van der Waals surface area contributed by atoms with Crippen LogP contribution in [0.3, 0.4) is 0 Å². The molecule has 5 N–H and O–H groups in total. The molecule has 2 heterocycles. The molecule has 2 aliphatic rings. The van der Waals surface area contributed by atoms with Crippen LogP contribution in [0.5, 0.6) is 0 Å².